The maximum absolute atomic E-state index is 12.4. The number of hydrogen-bond donors (Lipinski definition) is 2. The summed E-state index contributed by atoms with van der Waals surface area (Å²) in [5, 5.41) is 8.56. The molecule has 0 aliphatic heterocycles. The molecule has 1 aliphatic carbocycles. The number of halogens is 1. The molecule has 1 aliphatic rings. The standard InChI is InChI=1S/C24H27ClN4O/c1-29(2)22-15-23(28-21-6-4-3-5-20(21)22)26-18-11-13-19(14-12-18)27-24(30)16-7-9-17(25)10-8-16/h3-10,15,18-19H,11-14H2,1-2H3,(H,26,28)(H,27,30). The Labute approximate surface area is 182 Å². The van der Waals surface area contributed by atoms with Crippen molar-refractivity contribution in [3.05, 3.63) is 65.2 Å². The maximum Gasteiger partial charge on any atom is 0.251 e. The Morgan fingerprint density at radius 1 is 1.00 bits per heavy atom. The molecule has 6 heteroatoms. The van der Waals surface area contributed by atoms with Gasteiger partial charge in [-0.3, -0.25) is 4.79 Å². The minimum Gasteiger partial charge on any atom is -0.377 e. The van der Waals surface area contributed by atoms with E-state index in [0.717, 1.165) is 48.1 Å². The van der Waals surface area contributed by atoms with E-state index in [1.165, 1.54) is 0 Å². The Morgan fingerprint density at radius 2 is 1.67 bits per heavy atom. The first-order valence-electron chi connectivity index (χ1n) is 10.4. The van der Waals surface area contributed by atoms with E-state index < -0.39 is 0 Å². The Hall–Kier alpha value is -2.79. The van der Waals surface area contributed by atoms with Crippen LogP contribution in [0.4, 0.5) is 11.5 Å². The van der Waals surface area contributed by atoms with E-state index in [1.54, 1.807) is 24.3 Å². The van der Waals surface area contributed by atoms with Crippen LogP contribution >= 0.6 is 11.6 Å². The van der Waals surface area contributed by atoms with E-state index in [4.69, 9.17) is 16.6 Å². The Balaban J connectivity index is 1.37. The minimum atomic E-state index is -0.0325. The number of benzene rings is 2. The molecule has 30 heavy (non-hydrogen) atoms. The van der Waals surface area contributed by atoms with Gasteiger partial charge in [-0.05, 0) is 56.0 Å². The number of para-hydroxylation sites is 1. The first kappa shape index (κ1) is 20.5. The predicted octanol–water partition coefficient (Wildman–Crippen LogP) is 5.11. The number of fused-ring (bicyclic) bond motifs is 1. The summed E-state index contributed by atoms with van der Waals surface area (Å²) in [6, 6.07) is 17.9. The molecule has 0 atom stereocenters. The maximum atomic E-state index is 12.4. The second-order valence-electron chi connectivity index (χ2n) is 8.11. The normalized spacial score (nSPS) is 18.8. The zero-order chi connectivity index (χ0) is 21.1. The third-order valence-electron chi connectivity index (χ3n) is 5.70. The van der Waals surface area contributed by atoms with Crippen molar-refractivity contribution in [2.45, 2.75) is 37.8 Å². The number of amides is 1. The van der Waals surface area contributed by atoms with Crippen molar-refractivity contribution < 1.29 is 4.79 Å². The van der Waals surface area contributed by atoms with E-state index in [9.17, 15) is 4.79 Å². The largest absolute Gasteiger partial charge is 0.377 e. The van der Waals surface area contributed by atoms with Crippen molar-refractivity contribution in [3.8, 4) is 0 Å². The van der Waals surface area contributed by atoms with Crippen LogP contribution in [0.25, 0.3) is 10.9 Å². The van der Waals surface area contributed by atoms with Crippen LogP contribution in [0.5, 0.6) is 0 Å². The third-order valence-corrected chi connectivity index (χ3v) is 5.95. The van der Waals surface area contributed by atoms with Crippen LogP contribution in [-0.2, 0) is 0 Å². The van der Waals surface area contributed by atoms with Crippen molar-refractivity contribution in [3.63, 3.8) is 0 Å². The molecule has 156 valence electrons. The average Bonchev–Trinajstić information content (AvgIpc) is 2.75. The first-order chi connectivity index (χ1) is 14.5. The molecule has 1 aromatic heterocycles. The zero-order valence-corrected chi connectivity index (χ0v) is 18.1. The molecule has 1 fully saturated rings. The molecule has 0 radical (unpaired) electrons. The number of nitrogens with zero attached hydrogens (tertiary/aromatic N) is 2. The molecule has 0 unspecified atom stereocenters. The fourth-order valence-electron chi connectivity index (χ4n) is 4.06. The van der Waals surface area contributed by atoms with Crippen molar-refractivity contribution in [2.75, 3.05) is 24.3 Å². The molecule has 0 spiro atoms. The summed E-state index contributed by atoms with van der Waals surface area (Å²) in [4.78, 5) is 19.4. The van der Waals surface area contributed by atoms with Crippen LogP contribution in [0.1, 0.15) is 36.0 Å². The molecule has 2 N–H and O–H groups in total. The highest BCUT2D eigenvalue weighted by Gasteiger charge is 2.23. The predicted molar refractivity (Wildman–Crippen MR) is 125 cm³/mol. The molecule has 0 bridgehead atoms. The fourth-order valence-corrected chi connectivity index (χ4v) is 4.19. The summed E-state index contributed by atoms with van der Waals surface area (Å²) >= 11 is 5.90. The number of carbonyl (C=O) groups is 1. The van der Waals surface area contributed by atoms with Gasteiger partial charge in [0.2, 0.25) is 0 Å². The number of anilines is 2. The van der Waals surface area contributed by atoms with E-state index in [0.29, 0.717) is 16.6 Å². The van der Waals surface area contributed by atoms with Gasteiger partial charge in [0.25, 0.3) is 5.91 Å². The van der Waals surface area contributed by atoms with Gasteiger partial charge in [0.05, 0.1) is 5.52 Å². The van der Waals surface area contributed by atoms with E-state index >= 15 is 0 Å². The van der Waals surface area contributed by atoms with Gasteiger partial charge in [-0.15, -0.1) is 0 Å². The summed E-state index contributed by atoms with van der Waals surface area (Å²) in [6.07, 6.45) is 3.89. The third kappa shape index (κ3) is 4.68. The molecule has 3 aromatic rings. The number of aromatic nitrogens is 1. The lowest BCUT2D eigenvalue weighted by Gasteiger charge is -2.30. The van der Waals surface area contributed by atoms with Crippen LogP contribution < -0.4 is 15.5 Å². The molecular weight excluding hydrogens is 396 g/mol. The number of hydrogen-bond acceptors (Lipinski definition) is 4. The average molecular weight is 423 g/mol. The lowest BCUT2D eigenvalue weighted by molar-refractivity contribution is 0.0926. The lowest BCUT2D eigenvalue weighted by Crippen LogP contribution is -2.40. The lowest BCUT2D eigenvalue weighted by atomic mass is 9.91. The zero-order valence-electron chi connectivity index (χ0n) is 17.4. The number of rotatable bonds is 5. The molecule has 0 saturated heterocycles. The summed E-state index contributed by atoms with van der Waals surface area (Å²) in [7, 11) is 4.11. The molecular formula is C24H27ClN4O. The summed E-state index contributed by atoms with van der Waals surface area (Å²) in [5.74, 6) is 0.876. The van der Waals surface area contributed by atoms with Gasteiger partial charge in [0.1, 0.15) is 5.82 Å². The molecule has 1 heterocycles. The fraction of sp³-hybridized carbons (Fsp3) is 0.333. The van der Waals surface area contributed by atoms with E-state index in [-0.39, 0.29) is 11.9 Å². The topological polar surface area (TPSA) is 57.3 Å². The van der Waals surface area contributed by atoms with Gasteiger partial charge in [-0.25, -0.2) is 4.98 Å². The molecule has 1 amide bonds. The number of pyridine rings is 1. The highest BCUT2D eigenvalue weighted by molar-refractivity contribution is 6.30. The van der Waals surface area contributed by atoms with Crippen molar-refractivity contribution in [1.82, 2.24) is 10.3 Å². The summed E-state index contributed by atoms with van der Waals surface area (Å²) in [5.41, 5.74) is 2.80. The Kier molecular flexibility index (Phi) is 6.09. The van der Waals surface area contributed by atoms with Crippen molar-refractivity contribution in [1.29, 1.82) is 0 Å². The van der Waals surface area contributed by atoms with Crippen LogP contribution in [0.2, 0.25) is 5.02 Å². The van der Waals surface area contributed by atoms with Gasteiger partial charge < -0.3 is 15.5 Å². The van der Waals surface area contributed by atoms with Gasteiger partial charge in [0.15, 0.2) is 0 Å². The van der Waals surface area contributed by atoms with Gasteiger partial charge in [-0.2, -0.15) is 0 Å². The monoisotopic (exact) mass is 422 g/mol. The summed E-state index contributed by atoms with van der Waals surface area (Å²) in [6.45, 7) is 0. The van der Waals surface area contributed by atoms with Crippen molar-refractivity contribution in [2.24, 2.45) is 0 Å². The minimum absolute atomic E-state index is 0.0325. The van der Waals surface area contributed by atoms with Gasteiger partial charge in [0, 0.05) is 53.9 Å². The second-order valence-corrected chi connectivity index (χ2v) is 8.55. The highest BCUT2D eigenvalue weighted by atomic mass is 35.5. The Morgan fingerprint density at radius 3 is 2.37 bits per heavy atom. The molecule has 4 rings (SSSR count). The molecule has 5 nitrogen and oxygen atoms in total. The first-order valence-corrected chi connectivity index (χ1v) is 10.8. The number of carbonyl (C=O) groups excluding carboxylic acids is 1. The van der Waals surface area contributed by atoms with Gasteiger partial charge in [-0.1, -0.05) is 29.8 Å². The highest BCUT2D eigenvalue weighted by Crippen LogP contribution is 2.29. The second kappa shape index (κ2) is 8.92. The molecule has 1 saturated carbocycles. The van der Waals surface area contributed by atoms with E-state index in [2.05, 4.69) is 47.8 Å². The van der Waals surface area contributed by atoms with Crippen LogP contribution in [0.15, 0.2) is 54.6 Å². The van der Waals surface area contributed by atoms with Crippen molar-refractivity contribution >= 4 is 39.9 Å². The smallest absolute Gasteiger partial charge is 0.251 e. The van der Waals surface area contributed by atoms with E-state index in [1.807, 2.05) is 12.1 Å². The molecule has 2 aromatic carbocycles. The van der Waals surface area contributed by atoms with Crippen LogP contribution in [-0.4, -0.2) is 37.1 Å². The van der Waals surface area contributed by atoms with Crippen LogP contribution in [0, 0.1) is 0 Å². The quantitative estimate of drug-likeness (QED) is 0.600. The SMILES string of the molecule is CN(C)c1cc(NC2CCC(NC(=O)c3ccc(Cl)cc3)CC2)nc2ccccc12. The number of nitrogens with one attached hydrogen (secondary N) is 2. The Bertz CT molecular complexity index is 1030. The van der Waals surface area contributed by atoms with Crippen LogP contribution in [0.3, 0.4) is 0 Å². The summed E-state index contributed by atoms with van der Waals surface area (Å²) < 4.78 is 0. The van der Waals surface area contributed by atoms with Gasteiger partial charge >= 0.3 is 0 Å².